The molecule has 2 rings (SSSR count). The van der Waals surface area contributed by atoms with Gasteiger partial charge in [0.2, 0.25) is 0 Å². The van der Waals surface area contributed by atoms with Gasteiger partial charge in [-0.2, -0.15) is 0 Å². The Morgan fingerprint density at radius 2 is 2.22 bits per heavy atom. The highest BCUT2D eigenvalue weighted by Gasteiger charge is 2.36. The summed E-state index contributed by atoms with van der Waals surface area (Å²) in [6.45, 7) is 17.1. The van der Waals surface area contributed by atoms with Gasteiger partial charge in [-0.25, -0.2) is 0 Å². The summed E-state index contributed by atoms with van der Waals surface area (Å²) >= 11 is 0. The Morgan fingerprint density at radius 3 is 2.74 bits per heavy atom. The molecule has 0 saturated heterocycles. The number of hydrogen-bond donors (Lipinski definition) is 3. The van der Waals surface area contributed by atoms with Gasteiger partial charge in [-0.15, -0.1) is 0 Å². The van der Waals surface area contributed by atoms with E-state index in [9.17, 15) is 5.11 Å². The second-order valence-corrected chi connectivity index (χ2v) is 7.39. The number of nitrogens with one attached hydrogen (secondary N) is 2. The molecule has 1 aliphatic carbocycles. The van der Waals surface area contributed by atoms with Gasteiger partial charge in [0.25, 0.3) is 0 Å². The van der Waals surface area contributed by atoms with Gasteiger partial charge in [0.15, 0.2) is 0 Å². The third-order valence-corrected chi connectivity index (χ3v) is 4.52. The summed E-state index contributed by atoms with van der Waals surface area (Å²) in [6.07, 6.45) is 5.00. The number of nitrogens with zero attached hydrogens (tertiary/aromatic N) is 1. The maximum atomic E-state index is 9.37. The Bertz CT molecular complexity index is 625. The van der Waals surface area contributed by atoms with E-state index < -0.39 is 0 Å². The van der Waals surface area contributed by atoms with E-state index >= 15 is 0 Å². The first-order valence-electron chi connectivity index (χ1n) is 8.22. The van der Waals surface area contributed by atoms with E-state index in [4.69, 9.17) is 4.99 Å². The van der Waals surface area contributed by atoms with Gasteiger partial charge in [0.1, 0.15) is 0 Å². The third-order valence-electron chi connectivity index (χ3n) is 4.52. The highest BCUT2D eigenvalue weighted by Crippen LogP contribution is 2.41. The fourth-order valence-electron chi connectivity index (χ4n) is 2.53. The summed E-state index contributed by atoms with van der Waals surface area (Å²) in [7, 11) is 0. The molecule has 1 fully saturated rings. The molecule has 1 heterocycles. The largest absolute Gasteiger partial charge is 0.396 e. The Kier molecular flexibility index (Phi) is 5.15. The highest BCUT2D eigenvalue weighted by molar-refractivity contribution is 6.00. The number of aliphatic imine (C=N–C) groups is 1. The van der Waals surface area contributed by atoms with Crippen LogP contribution in [0, 0.1) is 24.2 Å². The second-order valence-electron chi connectivity index (χ2n) is 7.39. The maximum Gasteiger partial charge on any atom is 0.0930 e. The molecule has 0 spiro atoms. The van der Waals surface area contributed by atoms with Crippen LogP contribution < -0.4 is 5.32 Å². The molecule has 1 aromatic heterocycles. The first kappa shape index (κ1) is 17.5. The van der Waals surface area contributed by atoms with Crippen LogP contribution >= 0.6 is 0 Å². The predicted octanol–water partition coefficient (Wildman–Crippen LogP) is 3.82. The number of aromatic nitrogens is 1. The van der Waals surface area contributed by atoms with Gasteiger partial charge in [-0.3, -0.25) is 4.99 Å². The Labute approximate surface area is 139 Å². The van der Waals surface area contributed by atoms with E-state index in [1.807, 2.05) is 33.0 Å². The molecule has 0 aromatic carbocycles. The molecule has 2 atom stereocenters. The minimum absolute atomic E-state index is 0.130. The zero-order valence-electron chi connectivity index (χ0n) is 14.7. The molecule has 4 heteroatoms. The summed E-state index contributed by atoms with van der Waals surface area (Å²) in [5, 5.41) is 12.7. The summed E-state index contributed by atoms with van der Waals surface area (Å²) in [6, 6.07) is 0. The Morgan fingerprint density at radius 1 is 1.57 bits per heavy atom. The molecule has 126 valence electrons. The van der Waals surface area contributed by atoms with Crippen molar-refractivity contribution in [2.45, 2.75) is 34.1 Å². The molecule has 0 bridgehead atoms. The normalized spacial score (nSPS) is 21.2. The number of aryl methyl sites for hydroxylation is 1. The van der Waals surface area contributed by atoms with Crippen LogP contribution in [-0.2, 0) is 0 Å². The summed E-state index contributed by atoms with van der Waals surface area (Å²) in [5.41, 5.74) is 4.62. The molecule has 4 nitrogen and oxygen atoms in total. The lowest BCUT2D eigenvalue weighted by atomic mass is 9.95. The zero-order valence-corrected chi connectivity index (χ0v) is 14.7. The van der Waals surface area contributed by atoms with Crippen LogP contribution in [0.4, 0.5) is 5.69 Å². The number of aromatic amines is 1. The fraction of sp³-hybridized carbons (Fsp3) is 0.526. The first-order valence-corrected chi connectivity index (χ1v) is 8.22. The third kappa shape index (κ3) is 4.14. The number of rotatable bonds is 8. The van der Waals surface area contributed by atoms with Gasteiger partial charge >= 0.3 is 0 Å². The molecule has 1 aromatic rings. The summed E-state index contributed by atoms with van der Waals surface area (Å²) < 4.78 is 0. The molecule has 3 N–H and O–H groups in total. The molecule has 0 radical (unpaired) electrons. The molecule has 1 aliphatic rings. The van der Waals surface area contributed by atoms with Crippen LogP contribution in [0.1, 0.15) is 38.4 Å². The quantitative estimate of drug-likeness (QED) is 0.639. The van der Waals surface area contributed by atoms with Crippen molar-refractivity contribution in [3.63, 3.8) is 0 Å². The van der Waals surface area contributed by atoms with Gasteiger partial charge in [-0.1, -0.05) is 33.9 Å². The minimum atomic E-state index is -0.187. The highest BCUT2D eigenvalue weighted by atomic mass is 16.3. The van der Waals surface area contributed by atoms with Gasteiger partial charge < -0.3 is 15.4 Å². The lowest BCUT2D eigenvalue weighted by Crippen LogP contribution is -2.31. The second kappa shape index (κ2) is 6.75. The van der Waals surface area contributed by atoms with E-state index in [1.165, 1.54) is 6.42 Å². The summed E-state index contributed by atoms with van der Waals surface area (Å²) in [4.78, 5) is 8.09. The molecular weight excluding hydrogens is 286 g/mol. The maximum absolute atomic E-state index is 9.37. The number of allylic oxidation sites excluding steroid dienone is 1. The van der Waals surface area contributed by atoms with Crippen molar-refractivity contribution in [3.8, 4) is 0 Å². The zero-order chi connectivity index (χ0) is 17.2. The number of aliphatic hydroxyl groups excluding tert-OH is 1. The predicted molar refractivity (Wildman–Crippen MR) is 98.0 cm³/mol. The van der Waals surface area contributed by atoms with Gasteiger partial charge in [0, 0.05) is 53.3 Å². The van der Waals surface area contributed by atoms with Crippen LogP contribution in [0.5, 0.6) is 0 Å². The topological polar surface area (TPSA) is 60.4 Å². The number of aliphatic hydroxyl groups is 1. The van der Waals surface area contributed by atoms with Crippen molar-refractivity contribution in [1.82, 2.24) is 10.3 Å². The average molecular weight is 315 g/mol. The van der Waals surface area contributed by atoms with Crippen LogP contribution in [0.25, 0.3) is 5.70 Å². The number of H-pyrrole nitrogens is 1. The standard InChI is InChI=1S/C19H29N3O/c1-7-17(15-8-12(15)2)22-18-14(4)20-9-16(18)13(3)21-10-19(5,6)11-23/h7,9,12,15,20-21,23H,1,3,8,10-11H2,2,4-6H3/t12-,15+/m0/s1. The van der Waals surface area contributed by atoms with E-state index in [2.05, 4.69) is 30.4 Å². The van der Waals surface area contributed by atoms with Crippen molar-refractivity contribution >= 4 is 17.1 Å². The monoisotopic (exact) mass is 315 g/mol. The molecule has 1 saturated carbocycles. The van der Waals surface area contributed by atoms with E-state index in [0.29, 0.717) is 18.4 Å². The fourth-order valence-corrected chi connectivity index (χ4v) is 2.53. The van der Waals surface area contributed by atoms with Crippen LogP contribution in [0.2, 0.25) is 0 Å². The van der Waals surface area contributed by atoms with Gasteiger partial charge in [-0.05, 0) is 25.3 Å². The summed E-state index contributed by atoms with van der Waals surface area (Å²) in [5.74, 6) is 1.23. The van der Waals surface area contributed by atoms with E-state index in [1.54, 1.807) is 0 Å². The van der Waals surface area contributed by atoms with Crippen LogP contribution in [-0.4, -0.2) is 29.0 Å². The van der Waals surface area contributed by atoms with Crippen LogP contribution in [0.3, 0.4) is 0 Å². The van der Waals surface area contributed by atoms with E-state index in [-0.39, 0.29) is 12.0 Å². The number of hydrogen-bond acceptors (Lipinski definition) is 3. The lowest BCUT2D eigenvalue weighted by molar-refractivity contribution is 0.161. The van der Waals surface area contributed by atoms with Crippen molar-refractivity contribution < 1.29 is 5.11 Å². The Balaban J connectivity index is 2.19. The van der Waals surface area contributed by atoms with Gasteiger partial charge in [0.05, 0.1) is 5.69 Å². The molecule has 0 aliphatic heterocycles. The minimum Gasteiger partial charge on any atom is -0.396 e. The lowest BCUT2D eigenvalue weighted by Gasteiger charge is -2.23. The van der Waals surface area contributed by atoms with E-state index in [0.717, 1.165) is 28.4 Å². The average Bonchev–Trinajstić information content (AvgIpc) is 3.13. The first-order chi connectivity index (χ1) is 10.8. The molecule has 0 unspecified atom stereocenters. The molecular formula is C19H29N3O. The smallest absolute Gasteiger partial charge is 0.0930 e. The Hall–Kier alpha value is -1.81. The van der Waals surface area contributed by atoms with Crippen molar-refractivity contribution in [2.75, 3.05) is 13.2 Å². The van der Waals surface area contributed by atoms with Crippen molar-refractivity contribution in [2.24, 2.45) is 22.2 Å². The SMILES string of the molecule is C=CC(=Nc1c(C(=C)NCC(C)(C)CO)c[nH]c1C)[C@@H]1C[C@@H]1C. The molecule has 0 amide bonds. The van der Waals surface area contributed by atoms with Crippen molar-refractivity contribution in [3.05, 3.63) is 36.7 Å². The van der Waals surface area contributed by atoms with Crippen molar-refractivity contribution in [1.29, 1.82) is 0 Å². The van der Waals surface area contributed by atoms with Crippen LogP contribution in [0.15, 0.2) is 30.4 Å². The molecule has 23 heavy (non-hydrogen) atoms.